The highest BCUT2D eigenvalue weighted by molar-refractivity contribution is 6.31. The first kappa shape index (κ1) is 14.0. The number of benzene rings is 1. The van der Waals surface area contributed by atoms with E-state index in [0.29, 0.717) is 10.9 Å². The maximum absolute atomic E-state index is 6.17. The van der Waals surface area contributed by atoms with E-state index >= 15 is 0 Å². The Labute approximate surface area is 118 Å². The van der Waals surface area contributed by atoms with Crippen LogP contribution in [-0.4, -0.2) is 4.98 Å². The van der Waals surface area contributed by atoms with Gasteiger partial charge in [0.15, 0.2) is 0 Å². The van der Waals surface area contributed by atoms with Gasteiger partial charge in [0.05, 0.1) is 16.8 Å². The summed E-state index contributed by atoms with van der Waals surface area (Å²) in [7, 11) is 0. The smallest absolute Gasteiger partial charge is 0.0896 e. The van der Waals surface area contributed by atoms with Crippen LogP contribution in [0.15, 0.2) is 42.6 Å². The van der Waals surface area contributed by atoms with Crippen molar-refractivity contribution in [2.75, 3.05) is 0 Å². The lowest BCUT2D eigenvalue weighted by atomic mass is 9.98. The molecular formula is C15H18ClN3. The summed E-state index contributed by atoms with van der Waals surface area (Å²) >= 11 is 6.17. The van der Waals surface area contributed by atoms with Gasteiger partial charge in [0, 0.05) is 6.20 Å². The predicted molar refractivity (Wildman–Crippen MR) is 78.9 cm³/mol. The zero-order valence-corrected chi connectivity index (χ0v) is 11.9. The lowest BCUT2D eigenvalue weighted by Gasteiger charge is -2.17. The van der Waals surface area contributed by atoms with Crippen molar-refractivity contribution in [1.29, 1.82) is 0 Å². The highest BCUT2D eigenvalue weighted by Gasteiger charge is 2.16. The number of hydrogen-bond acceptors (Lipinski definition) is 3. The van der Waals surface area contributed by atoms with E-state index in [4.69, 9.17) is 17.4 Å². The van der Waals surface area contributed by atoms with Crippen LogP contribution in [0, 0.1) is 0 Å². The van der Waals surface area contributed by atoms with Gasteiger partial charge in [-0.3, -0.25) is 10.8 Å². The molecule has 1 unspecified atom stereocenters. The summed E-state index contributed by atoms with van der Waals surface area (Å²) < 4.78 is 0. The quantitative estimate of drug-likeness (QED) is 0.664. The van der Waals surface area contributed by atoms with Gasteiger partial charge in [0.25, 0.3) is 0 Å². The van der Waals surface area contributed by atoms with Crippen molar-refractivity contribution >= 4 is 11.6 Å². The second-order valence-electron chi connectivity index (χ2n) is 4.79. The zero-order valence-electron chi connectivity index (χ0n) is 11.1. The van der Waals surface area contributed by atoms with Crippen molar-refractivity contribution in [3.05, 3.63) is 64.4 Å². The van der Waals surface area contributed by atoms with Crippen LogP contribution < -0.4 is 11.3 Å². The van der Waals surface area contributed by atoms with E-state index in [1.165, 1.54) is 5.56 Å². The van der Waals surface area contributed by atoms with Crippen LogP contribution in [0.4, 0.5) is 0 Å². The van der Waals surface area contributed by atoms with Gasteiger partial charge in [-0.05, 0) is 29.2 Å². The van der Waals surface area contributed by atoms with Gasteiger partial charge in [0.1, 0.15) is 0 Å². The van der Waals surface area contributed by atoms with Gasteiger partial charge in [-0.1, -0.05) is 49.7 Å². The van der Waals surface area contributed by atoms with E-state index in [-0.39, 0.29) is 6.04 Å². The molecule has 0 radical (unpaired) electrons. The number of pyridine rings is 1. The summed E-state index contributed by atoms with van der Waals surface area (Å²) in [5, 5.41) is 0.610. The number of halogens is 1. The Morgan fingerprint density at radius 1 is 1.11 bits per heavy atom. The Morgan fingerprint density at radius 3 is 2.26 bits per heavy atom. The van der Waals surface area contributed by atoms with Crippen LogP contribution in [0.25, 0.3) is 0 Å². The van der Waals surface area contributed by atoms with Crippen LogP contribution in [0.3, 0.4) is 0 Å². The van der Waals surface area contributed by atoms with Gasteiger partial charge in [-0.15, -0.1) is 0 Å². The number of hydrazine groups is 1. The molecule has 0 aliphatic rings. The third-order valence-electron chi connectivity index (χ3n) is 3.16. The van der Waals surface area contributed by atoms with Crippen LogP contribution in [0.1, 0.15) is 42.6 Å². The summed E-state index contributed by atoms with van der Waals surface area (Å²) in [6, 6.07) is 11.8. The SMILES string of the molecule is CC(C)c1ccc(C(NN)c2ncccc2Cl)cc1. The zero-order chi connectivity index (χ0) is 13.8. The molecule has 0 saturated carbocycles. The first-order valence-electron chi connectivity index (χ1n) is 6.30. The molecule has 0 saturated heterocycles. The molecule has 1 aromatic heterocycles. The van der Waals surface area contributed by atoms with Gasteiger partial charge in [-0.25, -0.2) is 5.43 Å². The first-order valence-corrected chi connectivity index (χ1v) is 6.67. The number of nitrogens with zero attached hydrogens (tertiary/aromatic N) is 1. The van der Waals surface area contributed by atoms with E-state index < -0.39 is 0 Å². The van der Waals surface area contributed by atoms with E-state index in [9.17, 15) is 0 Å². The number of rotatable bonds is 4. The molecule has 2 aromatic rings. The molecule has 0 aliphatic carbocycles. The second kappa shape index (κ2) is 6.15. The van der Waals surface area contributed by atoms with Crippen LogP contribution in [-0.2, 0) is 0 Å². The molecule has 2 rings (SSSR count). The third-order valence-corrected chi connectivity index (χ3v) is 3.48. The van der Waals surface area contributed by atoms with Gasteiger partial charge in [0.2, 0.25) is 0 Å². The molecular weight excluding hydrogens is 258 g/mol. The Balaban J connectivity index is 2.35. The minimum atomic E-state index is -0.199. The van der Waals surface area contributed by atoms with Gasteiger partial charge in [-0.2, -0.15) is 0 Å². The summed E-state index contributed by atoms with van der Waals surface area (Å²) in [5.41, 5.74) is 5.86. The molecule has 100 valence electrons. The maximum atomic E-state index is 6.17. The molecule has 1 atom stereocenters. The molecule has 0 bridgehead atoms. The fraction of sp³-hybridized carbons (Fsp3) is 0.267. The average Bonchev–Trinajstić information content (AvgIpc) is 2.42. The largest absolute Gasteiger partial charge is 0.271 e. The van der Waals surface area contributed by atoms with E-state index in [2.05, 4.69) is 48.5 Å². The van der Waals surface area contributed by atoms with Crippen molar-refractivity contribution in [3.8, 4) is 0 Å². The first-order chi connectivity index (χ1) is 9.13. The Bertz CT molecular complexity index is 537. The number of nitrogens with two attached hydrogens (primary N) is 1. The molecule has 3 nitrogen and oxygen atoms in total. The molecule has 0 amide bonds. The molecule has 0 spiro atoms. The average molecular weight is 276 g/mol. The molecule has 19 heavy (non-hydrogen) atoms. The molecule has 4 heteroatoms. The lowest BCUT2D eigenvalue weighted by molar-refractivity contribution is 0.620. The van der Waals surface area contributed by atoms with Crippen molar-refractivity contribution < 1.29 is 0 Å². The summed E-state index contributed by atoms with van der Waals surface area (Å²) in [6.45, 7) is 4.34. The molecule has 0 aliphatic heterocycles. The summed E-state index contributed by atoms with van der Waals surface area (Å²) in [5.74, 6) is 6.17. The maximum Gasteiger partial charge on any atom is 0.0896 e. The number of nitrogens with one attached hydrogen (secondary N) is 1. The standard InChI is InChI=1S/C15H18ClN3/c1-10(2)11-5-7-12(8-6-11)14(19-17)15-13(16)4-3-9-18-15/h3-10,14,19H,17H2,1-2H3. The fourth-order valence-electron chi connectivity index (χ4n) is 2.02. The van der Waals surface area contributed by atoms with E-state index in [0.717, 1.165) is 11.3 Å². The van der Waals surface area contributed by atoms with Crippen molar-refractivity contribution in [2.45, 2.75) is 25.8 Å². The Kier molecular flexibility index (Phi) is 4.53. The number of aromatic nitrogens is 1. The normalized spacial score (nSPS) is 12.7. The van der Waals surface area contributed by atoms with Gasteiger partial charge >= 0.3 is 0 Å². The highest BCUT2D eigenvalue weighted by atomic mass is 35.5. The monoisotopic (exact) mass is 275 g/mol. The van der Waals surface area contributed by atoms with E-state index in [1.54, 1.807) is 12.3 Å². The van der Waals surface area contributed by atoms with Gasteiger partial charge < -0.3 is 0 Å². The minimum Gasteiger partial charge on any atom is -0.271 e. The fourth-order valence-corrected chi connectivity index (χ4v) is 2.25. The van der Waals surface area contributed by atoms with Crippen molar-refractivity contribution in [2.24, 2.45) is 5.84 Å². The van der Waals surface area contributed by atoms with Crippen LogP contribution in [0.5, 0.6) is 0 Å². The predicted octanol–water partition coefficient (Wildman–Crippen LogP) is 3.41. The summed E-state index contributed by atoms with van der Waals surface area (Å²) in [6.07, 6.45) is 1.72. The molecule has 0 fully saturated rings. The van der Waals surface area contributed by atoms with Crippen molar-refractivity contribution in [1.82, 2.24) is 10.4 Å². The van der Waals surface area contributed by atoms with E-state index in [1.807, 2.05) is 6.07 Å². The van der Waals surface area contributed by atoms with Crippen LogP contribution in [0.2, 0.25) is 5.02 Å². The summed E-state index contributed by atoms with van der Waals surface area (Å²) in [4.78, 5) is 4.31. The van der Waals surface area contributed by atoms with Crippen LogP contribution >= 0.6 is 11.6 Å². The molecule has 1 aromatic carbocycles. The molecule has 3 N–H and O–H groups in total. The topological polar surface area (TPSA) is 50.9 Å². The Hall–Kier alpha value is -1.42. The second-order valence-corrected chi connectivity index (χ2v) is 5.20. The Morgan fingerprint density at radius 2 is 1.74 bits per heavy atom. The van der Waals surface area contributed by atoms with Crippen molar-refractivity contribution in [3.63, 3.8) is 0 Å². The third kappa shape index (κ3) is 3.13. The highest BCUT2D eigenvalue weighted by Crippen LogP contribution is 2.26. The molecule has 1 heterocycles. The minimum absolute atomic E-state index is 0.199. The number of hydrogen-bond donors (Lipinski definition) is 2. The lowest BCUT2D eigenvalue weighted by Crippen LogP contribution is -2.29.